The number of allylic oxidation sites excluding steroid dienone is 2. The van der Waals surface area contributed by atoms with Crippen molar-refractivity contribution in [3.63, 3.8) is 0 Å². The molecule has 4 rings (SSSR count). The molecule has 0 saturated heterocycles. The number of hydrogen-bond donors (Lipinski definition) is 3. The number of nitrogens with zero attached hydrogens (tertiary/aromatic N) is 2. The summed E-state index contributed by atoms with van der Waals surface area (Å²) >= 11 is 0. The minimum atomic E-state index is -0.376. The van der Waals surface area contributed by atoms with Crippen LogP contribution in [0.15, 0.2) is 48.2 Å². The SMILES string of the molecule is Cc1ccc(C(=O)NC2CC2)cc1-n1ncc(C(=O)C2C=C(CO)C=CC2)c1N. The minimum absolute atomic E-state index is 0.107. The number of amides is 1. The molecule has 7 nitrogen and oxygen atoms in total. The summed E-state index contributed by atoms with van der Waals surface area (Å²) in [6, 6.07) is 5.64. The first kappa shape index (κ1) is 19.1. The van der Waals surface area contributed by atoms with E-state index in [1.165, 1.54) is 10.9 Å². The Labute approximate surface area is 168 Å². The van der Waals surface area contributed by atoms with Crippen LogP contribution in [-0.4, -0.2) is 39.2 Å². The Morgan fingerprint density at radius 2 is 2.14 bits per heavy atom. The second-order valence-corrected chi connectivity index (χ2v) is 7.61. The monoisotopic (exact) mass is 392 g/mol. The molecule has 4 N–H and O–H groups in total. The number of hydrogen-bond acceptors (Lipinski definition) is 5. The summed E-state index contributed by atoms with van der Waals surface area (Å²) in [5, 5.41) is 16.6. The van der Waals surface area contributed by atoms with Crippen molar-refractivity contribution >= 4 is 17.5 Å². The van der Waals surface area contributed by atoms with Crippen LogP contribution in [0, 0.1) is 12.8 Å². The number of aryl methyl sites for hydroxylation is 1. The Morgan fingerprint density at radius 1 is 1.34 bits per heavy atom. The van der Waals surface area contributed by atoms with Gasteiger partial charge in [-0.05, 0) is 49.5 Å². The number of nitrogens with two attached hydrogens (primary N) is 1. The van der Waals surface area contributed by atoms with Crippen molar-refractivity contribution < 1.29 is 14.7 Å². The highest BCUT2D eigenvalue weighted by atomic mass is 16.3. The van der Waals surface area contributed by atoms with Crippen molar-refractivity contribution in [3.8, 4) is 5.69 Å². The largest absolute Gasteiger partial charge is 0.392 e. The van der Waals surface area contributed by atoms with E-state index in [1.807, 2.05) is 25.1 Å². The number of nitrogen functional groups attached to an aromatic ring is 1. The van der Waals surface area contributed by atoms with Crippen LogP contribution in [0.4, 0.5) is 5.82 Å². The summed E-state index contributed by atoms with van der Waals surface area (Å²) in [7, 11) is 0. The maximum absolute atomic E-state index is 13.0. The van der Waals surface area contributed by atoms with Gasteiger partial charge in [0.2, 0.25) is 0 Å². The molecule has 1 amide bonds. The van der Waals surface area contributed by atoms with E-state index in [1.54, 1.807) is 18.2 Å². The van der Waals surface area contributed by atoms with E-state index in [0.29, 0.717) is 28.8 Å². The summed E-state index contributed by atoms with van der Waals surface area (Å²) in [6.45, 7) is 1.80. The lowest BCUT2D eigenvalue weighted by Gasteiger charge is -2.15. The number of Topliss-reactive ketones (excluding diaryl/α,β-unsaturated/α-hetero) is 1. The molecule has 1 saturated carbocycles. The zero-order chi connectivity index (χ0) is 20.5. The number of ketones is 1. The van der Waals surface area contributed by atoms with Gasteiger partial charge < -0.3 is 16.2 Å². The summed E-state index contributed by atoms with van der Waals surface area (Å²) in [4.78, 5) is 25.4. The highest BCUT2D eigenvalue weighted by Gasteiger charge is 2.26. The zero-order valence-corrected chi connectivity index (χ0v) is 16.3. The standard InChI is InChI=1S/C22H24N4O3/c1-13-5-6-16(22(29)25-17-7-8-17)10-19(13)26-21(23)18(11-24-26)20(28)15-4-2-3-14(9-15)12-27/h2-3,5-6,9-11,15,17,27H,4,7-8,12,23H2,1H3,(H,25,29). The third kappa shape index (κ3) is 3.86. The molecule has 0 aliphatic heterocycles. The number of anilines is 1. The van der Waals surface area contributed by atoms with Gasteiger partial charge in [-0.3, -0.25) is 9.59 Å². The number of rotatable bonds is 6. The zero-order valence-electron chi connectivity index (χ0n) is 16.3. The van der Waals surface area contributed by atoms with Crippen LogP contribution < -0.4 is 11.1 Å². The van der Waals surface area contributed by atoms with Crippen LogP contribution in [0.25, 0.3) is 5.69 Å². The van der Waals surface area contributed by atoms with Crippen LogP contribution in [0.1, 0.15) is 45.5 Å². The molecule has 1 atom stereocenters. The number of carbonyl (C=O) groups is 2. The fourth-order valence-corrected chi connectivity index (χ4v) is 3.45. The molecule has 29 heavy (non-hydrogen) atoms. The average molecular weight is 392 g/mol. The number of aliphatic hydroxyl groups is 1. The third-order valence-electron chi connectivity index (χ3n) is 5.34. The van der Waals surface area contributed by atoms with Crippen LogP contribution in [0.2, 0.25) is 0 Å². The van der Waals surface area contributed by atoms with E-state index < -0.39 is 0 Å². The summed E-state index contributed by atoms with van der Waals surface area (Å²) in [5.74, 6) is -0.388. The smallest absolute Gasteiger partial charge is 0.251 e. The number of aliphatic hydroxyl groups excluding tert-OH is 1. The lowest BCUT2D eigenvalue weighted by atomic mass is 9.90. The van der Waals surface area contributed by atoms with E-state index in [2.05, 4.69) is 10.4 Å². The Kier molecular flexibility index (Phi) is 5.07. The van der Waals surface area contributed by atoms with E-state index >= 15 is 0 Å². The first-order valence-electron chi connectivity index (χ1n) is 9.75. The molecule has 0 radical (unpaired) electrons. The first-order valence-corrected chi connectivity index (χ1v) is 9.75. The van der Waals surface area contributed by atoms with Crippen molar-refractivity contribution in [2.45, 2.75) is 32.2 Å². The molecular formula is C22H24N4O3. The van der Waals surface area contributed by atoms with Gasteiger partial charge >= 0.3 is 0 Å². The maximum Gasteiger partial charge on any atom is 0.251 e. The van der Waals surface area contributed by atoms with Gasteiger partial charge in [0.25, 0.3) is 5.91 Å². The summed E-state index contributed by atoms with van der Waals surface area (Å²) in [6.07, 6.45) is 9.53. The first-order chi connectivity index (χ1) is 14.0. The number of carbonyl (C=O) groups excluding carboxylic acids is 2. The molecule has 2 aromatic rings. The van der Waals surface area contributed by atoms with Gasteiger partial charge in [0, 0.05) is 17.5 Å². The quantitative estimate of drug-likeness (QED) is 0.654. The second kappa shape index (κ2) is 7.67. The van der Waals surface area contributed by atoms with E-state index in [4.69, 9.17) is 5.73 Å². The molecule has 7 heteroatoms. The molecule has 0 bridgehead atoms. The average Bonchev–Trinajstić information content (AvgIpc) is 3.47. The third-order valence-corrected chi connectivity index (χ3v) is 5.34. The Balaban J connectivity index is 1.63. The van der Waals surface area contributed by atoms with Gasteiger partial charge in [-0.1, -0.05) is 24.3 Å². The van der Waals surface area contributed by atoms with Crippen LogP contribution >= 0.6 is 0 Å². The van der Waals surface area contributed by atoms with Crippen molar-refractivity contribution in [2.24, 2.45) is 5.92 Å². The van der Waals surface area contributed by atoms with Gasteiger partial charge in [-0.25, -0.2) is 4.68 Å². The van der Waals surface area contributed by atoms with Crippen molar-refractivity contribution in [1.82, 2.24) is 15.1 Å². The predicted octanol–water partition coefficient (Wildman–Crippen LogP) is 2.33. The molecule has 1 unspecified atom stereocenters. The van der Waals surface area contributed by atoms with Gasteiger partial charge in [0.1, 0.15) is 5.82 Å². The highest BCUT2D eigenvalue weighted by molar-refractivity contribution is 6.03. The molecule has 1 heterocycles. The molecule has 2 aliphatic carbocycles. The van der Waals surface area contributed by atoms with Crippen molar-refractivity contribution in [3.05, 3.63) is 64.9 Å². The Hall–Kier alpha value is -3.19. The van der Waals surface area contributed by atoms with Gasteiger partial charge in [0.15, 0.2) is 5.78 Å². The van der Waals surface area contributed by atoms with E-state index in [-0.39, 0.29) is 36.1 Å². The Bertz CT molecular complexity index is 1030. The van der Waals surface area contributed by atoms with Gasteiger partial charge in [-0.15, -0.1) is 0 Å². The van der Waals surface area contributed by atoms with Crippen LogP contribution in [0.5, 0.6) is 0 Å². The second-order valence-electron chi connectivity index (χ2n) is 7.61. The number of benzene rings is 1. The Morgan fingerprint density at radius 3 is 2.86 bits per heavy atom. The summed E-state index contributed by atoms with van der Waals surface area (Å²) in [5.41, 5.74) is 9.44. The lowest BCUT2D eigenvalue weighted by molar-refractivity contribution is 0.0939. The van der Waals surface area contributed by atoms with Crippen LogP contribution in [-0.2, 0) is 0 Å². The normalized spacial score (nSPS) is 18.4. The fraction of sp³-hybridized carbons (Fsp3) is 0.318. The molecule has 0 spiro atoms. The van der Waals surface area contributed by atoms with Gasteiger partial charge in [0.05, 0.1) is 24.1 Å². The van der Waals surface area contributed by atoms with Crippen molar-refractivity contribution in [1.29, 1.82) is 0 Å². The molecule has 1 aromatic heterocycles. The van der Waals surface area contributed by atoms with Gasteiger partial charge in [-0.2, -0.15) is 5.10 Å². The molecule has 150 valence electrons. The highest BCUT2D eigenvalue weighted by Crippen LogP contribution is 2.27. The molecule has 1 aromatic carbocycles. The number of aromatic nitrogens is 2. The summed E-state index contributed by atoms with van der Waals surface area (Å²) < 4.78 is 1.51. The van der Waals surface area contributed by atoms with E-state index in [0.717, 1.165) is 18.4 Å². The molecule has 1 fully saturated rings. The topological polar surface area (TPSA) is 110 Å². The fourth-order valence-electron chi connectivity index (χ4n) is 3.45. The minimum Gasteiger partial charge on any atom is -0.392 e. The predicted molar refractivity (Wildman–Crippen MR) is 110 cm³/mol. The lowest BCUT2D eigenvalue weighted by Crippen LogP contribution is -2.25. The molecular weight excluding hydrogens is 368 g/mol. The van der Waals surface area contributed by atoms with E-state index in [9.17, 15) is 14.7 Å². The maximum atomic E-state index is 13.0. The molecule has 2 aliphatic rings. The van der Waals surface area contributed by atoms with Crippen LogP contribution in [0.3, 0.4) is 0 Å². The van der Waals surface area contributed by atoms with Crippen molar-refractivity contribution in [2.75, 3.05) is 12.3 Å². The number of nitrogens with one attached hydrogen (secondary N) is 1.